The summed E-state index contributed by atoms with van der Waals surface area (Å²) in [5.41, 5.74) is 2.21. The van der Waals surface area contributed by atoms with Crippen LogP contribution in [0.5, 0.6) is 5.88 Å². The standard InChI is InChI=1S/C12H11N3OS/c1-15-8-5-3-4-6-10(8)17-12-9(15)7-11(16-2)13-14-12/h3-7H,1-2H3. The summed E-state index contributed by atoms with van der Waals surface area (Å²) in [5, 5.41) is 9.09. The highest BCUT2D eigenvalue weighted by atomic mass is 32.2. The Hall–Kier alpha value is -1.75. The number of ether oxygens (including phenoxy) is 1. The van der Waals surface area contributed by atoms with Crippen LogP contribution in [0.15, 0.2) is 40.3 Å². The minimum Gasteiger partial charge on any atom is -0.480 e. The number of para-hydroxylation sites is 1. The Labute approximate surface area is 104 Å². The van der Waals surface area contributed by atoms with E-state index in [2.05, 4.69) is 27.2 Å². The molecule has 0 unspecified atom stereocenters. The molecule has 1 aliphatic heterocycles. The molecule has 0 radical (unpaired) electrons. The monoisotopic (exact) mass is 245 g/mol. The van der Waals surface area contributed by atoms with Gasteiger partial charge in [0.1, 0.15) is 5.03 Å². The van der Waals surface area contributed by atoms with Crippen LogP contribution in [-0.4, -0.2) is 24.4 Å². The van der Waals surface area contributed by atoms with Crippen LogP contribution in [0.3, 0.4) is 0 Å². The number of fused-ring (bicyclic) bond motifs is 2. The summed E-state index contributed by atoms with van der Waals surface area (Å²) >= 11 is 1.63. The summed E-state index contributed by atoms with van der Waals surface area (Å²) < 4.78 is 5.11. The Bertz CT molecular complexity index is 573. The van der Waals surface area contributed by atoms with E-state index in [1.807, 2.05) is 25.2 Å². The normalized spacial score (nSPS) is 12.9. The SMILES string of the molecule is COc1cc2c(nn1)Sc1ccccc1N2C. The lowest BCUT2D eigenvalue weighted by molar-refractivity contribution is 0.390. The number of aromatic nitrogens is 2. The van der Waals surface area contributed by atoms with E-state index >= 15 is 0 Å². The van der Waals surface area contributed by atoms with Gasteiger partial charge in [0, 0.05) is 18.0 Å². The van der Waals surface area contributed by atoms with Crippen molar-refractivity contribution in [2.24, 2.45) is 0 Å². The van der Waals surface area contributed by atoms with Crippen molar-refractivity contribution in [2.45, 2.75) is 9.92 Å². The maximum atomic E-state index is 5.11. The Morgan fingerprint density at radius 2 is 2.00 bits per heavy atom. The van der Waals surface area contributed by atoms with E-state index in [1.165, 1.54) is 10.6 Å². The third kappa shape index (κ3) is 1.63. The molecule has 0 atom stereocenters. The van der Waals surface area contributed by atoms with E-state index < -0.39 is 0 Å². The van der Waals surface area contributed by atoms with Crippen molar-refractivity contribution in [2.75, 3.05) is 19.1 Å². The van der Waals surface area contributed by atoms with Crippen LogP contribution in [-0.2, 0) is 0 Å². The van der Waals surface area contributed by atoms with Gasteiger partial charge in [-0.05, 0) is 12.1 Å². The van der Waals surface area contributed by atoms with E-state index in [-0.39, 0.29) is 0 Å². The topological polar surface area (TPSA) is 38.3 Å². The molecule has 86 valence electrons. The van der Waals surface area contributed by atoms with Gasteiger partial charge in [-0.15, -0.1) is 10.2 Å². The molecule has 0 aliphatic carbocycles. The first-order valence-electron chi connectivity index (χ1n) is 5.22. The lowest BCUT2D eigenvalue weighted by atomic mass is 10.2. The van der Waals surface area contributed by atoms with E-state index in [0.717, 1.165) is 10.7 Å². The summed E-state index contributed by atoms with van der Waals surface area (Å²) in [7, 11) is 3.62. The zero-order valence-corrected chi connectivity index (χ0v) is 10.4. The maximum Gasteiger partial charge on any atom is 0.235 e. The summed E-state index contributed by atoms with van der Waals surface area (Å²) in [4.78, 5) is 3.31. The first-order chi connectivity index (χ1) is 8.29. The van der Waals surface area contributed by atoms with Crippen molar-refractivity contribution < 1.29 is 4.74 Å². The quantitative estimate of drug-likeness (QED) is 0.772. The number of hydrogen-bond donors (Lipinski definition) is 0. The van der Waals surface area contributed by atoms with Gasteiger partial charge in [0.05, 0.1) is 18.5 Å². The molecule has 0 fully saturated rings. The highest BCUT2D eigenvalue weighted by Crippen LogP contribution is 2.46. The smallest absolute Gasteiger partial charge is 0.235 e. The predicted molar refractivity (Wildman–Crippen MR) is 67.2 cm³/mol. The molecule has 5 heteroatoms. The zero-order valence-electron chi connectivity index (χ0n) is 9.54. The Morgan fingerprint density at radius 3 is 2.82 bits per heavy atom. The molecular weight excluding hydrogens is 234 g/mol. The molecule has 1 aromatic heterocycles. The van der Waals surface area contributed by atoms with Crippen molar-refractivity contribution in [3.63, 3.8) is 0 Å². The molecule has 17 heavy (non-hydrogen) atoms. The minimum absolute atomic E-state index is 0.538. The van der Waals surface area contributed by atoms with Crippen LogP contribution in [0.2, 0.25) is 0 Å². The molecule has 1 aliphatic rings. The van der Waals surface area contributed by atoms with Crippen LogP contribution >= 0.6 is 11.8 Å². The highest BCUT2D eigenvalue weighted by molar-refractivity contribution is 7.99. The molecular formula is C12H11N3OS. The number of anilines is 2. The van der Waals surface area contributed by atoms with Gasteiger partial charge in [-0.25, -0.2) is 0 Å². The van der Waals surface area contributed by atoms with Crippen molar-refractivity contribution in [3.05, 3.63) is 30.3 Å². The van der Waals surface area contributed by atoms with Crippen molar-refractivity contribution in [1.82, 2.24) is 10.2 Å². The molecule has 0 amide bonds. The molecule has 0 spiro atoms. The fourth-order valence-electron chi connectivity index (χ4n) is 1.82. The zero-order chi connectivity index (χ0) is 11.8. The van der Waals surface area contributed by atoms with Crippen molar-refractivity contribution in [1.29, 1.82) is 0 Å². The van der Waals surface area contributed by atoms with Crippen molar-refractivity contribution >= 4 is 23.1 Å². The minimum atomic E-state index is 0.538. The molecule has 1 aromatic carbocycles. The number of rotatable bonds is 1. The van der Waals surface area contributed by atoms with Crippen LogP contribution in [0.25, 0.3) is 0 Å². The summed E-state index contributed by atoms with van der Waals surface area (Å²) in [6.45, 7) is 0. The van der Waals surface area contributed by atoms with Gasteiger partial charge in [0.15, 0.2) is 0 Å². The largest absolute Gasteiger partial charge is 0.480 e. The second-order valence-corrected chi connectivity index (χ2v) is 4.74. The number of hydrogen-bond acceptors (Lipinski definition) is 5. The first kappa shape index (κ1) is 10.4. The van der Waals surface area contributed by atoms with Crippen LogP contribution in [0.4, 0.5) is 11.4 Å². The maximum absolute atomic E-state index is 5.11. The second-order valence-electron chi connectivity index (χ2n) is 3.71. The van der Waals surface area contributed by atoms with Gasteiger partial charge in [-0.2, -0.15) is 0 Å². The highest BCUT2D eigenvalue weighted by Gasteiger charge is 2.22. The molecule has 0 saturated heterocycles. The summed E-state index contributed by atoms with van der Waals surface area (Å²) in [6, 6.07) is 10.2. The van der Waals surface area contributed by atoms with Crippen LogP contribution in [0.1, 0.15) is 0 Å². The number of methoxy groups -OCH3 is 1. The average Bonchev–Trinajstić information content (AvgIpc) is 2.39. The number of nitrogens with zero attached hydrogens (tertiary/aromatic N) is 3. The molecule has 0 bridgehead atoms. The van der Waals surface area contributed by atoms with E-state index in [1.54, 1.807) is 18.9 Å². The summed E-state index contributed by atoms with van der Waals surface area (Å²) in [5.74, 6) is 0.538. The van der Waals surface area contributed by atoms with Gasteiger partial charge in [-0.3, -0.25) is 0 Å². The van der Waals surface area contributed by atoms with E-state index in [4.69, 9.17) is 4.74 Å². The molecule has 2 heterocycles. The van der Waals surface area contributed by atoms with Gasteiger partial charge < -0.3 is 9.64 Å². The first-order valence-corrected chi connectivity index (χ1v) is 6.03. The average molecular weight is 245 g/mol. The third-order valence-corrected chi connectivity index (χ3v) is 3.77. The van der Waals surface area contributed by atoms with Crippen molar-refractivity contribution in [3.8, 4) is 5.88 Å². The summed E-state index contributed by atoms with van der Waals surface area (Å²) in [6.07, 6.45) is 0. The molecule has 4 nitrogen and oxygen atoms in total. The lowest BCUT2D eigenvalue weighted by Gasteiger charge is -2.28. The second kappa shape index (κ2) is 3.92. The van der Waals surface area contributed by atoms with Crippen LogP contribution < -0.4 is 9.64 Å². The van der Waals surface area contributed by atoms with Crippen LogP contribution in [0, 0.1) is 0 Å². The Kier molecular flexibility index (Phi) is 2.40. The predicted octanol–water partition coefficient (Wildman–Crippen LogP) is 2.72. The fraction of sp³-hybridized carbons (Fsp3) is 0.167. The molecule has 2 aromatic rings. The van der Waals surface area contributed by atoms with Gasteiger partial charge in [-0.1, -0.05) is 23.9 Å². The molecule has 0 N–H and O–H groups in total. The molecule has 0 saturated carbocycles. The Morgan fingerprint density at radius 1 is 1.18 bits per heavy atom. The van der Waals surface area contributed by atoms with E-state index in [9.17, 15) is 0 Å². The molecule has 3 rings (SSSR count). The third-order valence-electron chi connectivity index (χ3n) is 2.72. The number of benzene rings is 1. The van der Waals surface area contributed by atoms with Gasteiger partial charge in [0.2, 0.25) is 5.88 Å². The van der Waals surface area contributed by atoms with Gasteiger partial charge in [0.25, 0.3) is 0 Å². The van der Waals surface area contributed by atoms with E-state index in [0.29, 0.717) is 5.88 Å². The lowest BCUT2D eigenvalue weighted by Crippen LogP contribution is -2.15. The van der Waals surface area contributed by atoms with Gasteiger partial charge >= 0.3 is 0 Å². The Balaban J connectivity index is 2.13. The fourth-order valence-corrected chi connectivity index (χ4v) is 2.87.